The number of hydrogen-bond donors (Lipinski definition) is 3. The summed E-state index contributed by atoms with van der Waals surface area (Å²) in [6.45, 7) is 1.87. The van der Waals surface area contributed by atoms with Crippen LogP contribution in [0.4, 0.5) is 5.82 Å². The van der Waals surface area contributed by atoms with E-state index in [1.807, 2.05) is 0 Å². The number of anilines is 1. The summed E-state index contributed by atoms with van der Waals surface area (Å²) in [7, 11) is 0. The standard InChI is InChI=1S/C14H15N3O4/c1-7-10(14(19)20)4-9(21-7)6-15-11-5-12(18)17-13(16-11)8-2-3-8/h4-5,8H,2-3,6H2,1H3,(H,19,20)(H2,15,16,17,18). The van der Waals surface area contributed by atoms with Gasteiger partial charge in [0.05, 0.1) is 6.54 Å². The van der Waals surface area contributed by atoms with E-state index in [1.54, 1.807) is 6.92 Å². The number of nitrogens with one attached hydrogen (secondary N) is 2. The topological polar surface area (TPSA) is 108 Å². The number of aromatic carboxylic acids is 1. The first-order valence-electron chi connectivity index (χ1n) is 6.70. The Morgan fingerprint density at radius 3 is 2.90 bits per heavy atom. The number of aromatic amines is 1. The molecule has 2 aromatic heterocycles. The number of carboxylic acids is 1. The summed E-state index contributed by atoms with van der Waals surface area (Å²) in [5.41, 5.74) is -0.0550. The van der Waals surface area contributed by atoms with Crippen molar-refractivity contribution in [3.8, 4) is 0 Å². The maximum Gasteiger partial charge on any atom is 0.339 e. The fraction of sp³-hybridized carbons (Fsp3) is 0.357. The Labute approximate surface area is 120 Å². The van der Waals surface area contributed by atoms with Gasteiger partial charge in [-0.2, -0.15) is 0 Å². The van der Waals surface area contributed by atoms with Crippen LogP contribution in [0.3, 0.4) is 0 Å². The third kappa shape index (κ3) is 2.96. The van der Waals surface area contributed by atoms with Gasteiger partial charge in [0.1, 0.15) is 28.7 Å². The highest BCUT2D eigenvalue weighted by Crippen LogP contribution is 2.37. The molecule has 1 aliphatic rings. The molecule has 0 aliphatic heterocycles. The highest BCUT2D eigenvalue weighted by molar-refractivity contribution is 5.88. The number of aromatic nitrogens is 2. The number of carboxylic acid groups (broad SMARTS) is 1. The number of rotatable bonds is 5. The summed E-state index contributed by atoms with van der Waals surface area (Å²) in [4.78, 5) is 29.6. The van der Waals surface area contributed by atoms with Gasteiger partial charge in [0.25, 0.3) is 5.56 Å². The largest absolute Gasteiger partial charge is 0.478 e. The monoisotopic (exact) mass is 289 g/mol. The molecule has 0 radical (unpaired) electrons. The zero-order chi connectivity index (χ0) is 15.0. The summed E-state index contributed by atoms with van der Waals surface area (Å²) in [5.74, 6) is 1.34. The van der Waals surface area contributed by atoms with E-state index < -0.39 is 5.97 Å². The Morgan fingerprint density at radius 1 is 1.52 bits per heavy atom. The molecular formula is C14H15N3O4. The Balaban J connectivity index is 1.74. The lowest BCUT2D eigenvalue weighted by molar-refractivity contribution is 0.0695. The molecule has 1 saturated carbocycles. The first-order chi connectivity index (χ1) is 10.0. The molecule has 2 aromatic rings. The number of nitrogens with zero attached hydrogens (tertiary/aromatic N) is 1. The zero-order valence-electron chi connectivity index (χ0n) is 11.5. The molecule has 0 saturated heterocycles. The van der Waals surface area contributed by atoms with E-state index >= 15 is 0 Å². The average Bonchev–Trinajstić information content (AvgIpc) is 3.19. The summed E-state index contributed by atoms with van der Waals surface area (Å²) in [6, 6.07) is 2.85. The van der Waals surface area contributed by atoms with E-state index in [0.29, 0.717) is 29.1 Å². The number of furan rings is 1. The second kappa shape index (κ2) is 5.08. The van der Waals surface area contributed by atoms with Crippen molar-refractivity contribution in [3.05, 3.63) is 45.4 Å². The fourth-order valence-electron chi connectivity index (χ4n) is 2.14. The predicted octanol–water partition coefficient (Wildman–Crippen LogP) is 1.86. The molecule has 0 spiro atoms. The molecule has 0 atom stereocenters. The van der Waals surface area contributed by atoms with Crippen LogP contribution in [0.5, 0.6) is 0 Å². The molecule has 2 heterocycles. The molecule has 110 valence electrons. The van der Waals surface area contributed by atoms with Crippen LogP contribution in [0.25, 0.3) is 0 Å². The van der Waals surface area contributed by atoms with Crippen LogP contribution in [0.15, 0.2) is 21.3 Å². The van der Waals surface area contributed by atoms with Crippen molar-refractivity contribution in [2.75, 3.05) is 5.32 Å². The van der Waals surface area contributed by atoms with E-state index in [4.69, 9.17) is 9.52 Å². The van der Waals surface area contributed by atoms with Crippen molar-refractivity contribution in [3.63, 3.8) is 0 Å². The highest BCUT2D eigenvalue weighted by Gasteiger charge is 2.26. The van der Waals surface area contributed by atoms with Crippen molar-refractivity contribution in [2.24, 2.45) is 0 Å². The molecule has 0 aromatic carbocycles. The minimum absolute atomic E-state index is 0.143. The van der Waals surface area contributed by atoms with E-state index in [9.17, 15) is 9.59 Å². The normalized spacial score (nSPS) is 14.1. The lowest BCUT2D eigenvalue weighted by atomic mass is 10.2. The van der Waals surface area contributed by atoms with E-state index in [1.165, 1.54) is 12.1 Å². The van der Waals surface area contributed by atoms with E-state index in [2.05, 4.69) is 15.3 Å². The van der Waals surface area contributed by atoms with Gasteiger partial charge >= 0.3 is 5.97 Å². The quantitative estimate of drug-likeness (QED) is 0.775. The van der Waals surface area contributed by atoms with E-state index in [0.717, 1.165) is 12.8 Å². The third-order valence-corrected chi connectivity index (χ3v) is 3.37. The van der Waals surface area contributed by atoms with E-state index in [-0.39, 0.29) is 17.7 Å². The number of aryl methyl sites for hydroxylation is 1. The van der Waals surface area contributed by atoms with Gasteiger partial charge in [-0.05, 0) is 25.8 Å². The molecule has 3 rings (SSSR count). The molecule has 1 fully saturated rings. The number of H-pyrrole nitrogens is 1. The average molecular weight is 289 g/mol. The second-order valence-electron chi connectivity index (χ2n) is 5.13. The lowest BCUT2D eigenvalue weighted by Crippen LogP contribution is -2.13. The maximum atomic E-state index is 11.6. The summed E-state index contributed by atoms with van der Waals surface area (Å²) >= 11 is 0. The molecule has 7 heteroatoms. The first kappa shape index (κ1) is 13.4. The molecule has 1 aliphatic carbocycles. The predicted molar refractivity (Wildman–Crippen MR) is 74.6 cm³/mol. The fourth-order valence-corrected chi connectivity index (χ4v) is 2.14. The smallest absolute Gasteiger partial charge is 0.339 e. The van der Waals surface area contributed by atoms with Gasteiger partial charge in [-0.15, -0.1) is 0 Å². The van der Waals surface area contributed by atoms with Gasteiger partial charge in [0.15, 0.2) is 0 Å². The molecule has 0 bridgehead atoms. The Bertz CT molecular complexity index is 743. The Morgan fingerprint density at radius 2 is 2.29 bits per heavy atom. The molecule has 21 heavy (non-hydrogen) atoms. The van der Waals surface area contributed by atoms with Gasteiger partial charge < -0.3 is 19.8 Å². The van der Waals surface area contributed by atoms with Crippen molar-refractivity contribution >= 4 is 11.8 Å². The molecule has 0 amide bonds. The van der Waals surface area contributed by atoms with Crippen LogP contribution >= 0.6 is 0 Å². The minimum Gasteiger partial charge on any atom is -0.478 e. The maximum absolute atomic E-state index is 11.6. The number of carbonyl (C=O) groups is 1. The summed E-state index contributed by atoms with van der Waals surface area (Å²) in [5, 5.41) is 12.0. The van der Waals surface area contributed by atoms with Crippen LogP contribution in [0.1, 0.15) is 46.5 Å². The van der Waals surface area contributed by atoms with Crippen molar-refractivity contribution in [2.45, 2.75) is 32.2 Å². The van der Waals surface area contributed by atoms with Crippen LogP contribution < -0.4 is 10.9 Å². The van der Waals surface area contributed by atoms with Crippen LogP contribution in [0, 0.1) is 6.92 Å². The van der Waals surface area contributed by atoms with Crippen molar-refractivity contribution in [1.29, 1.82) is 0 Å². The first-order valence-corrected chi connectivity index (χ1v) is 6.70. The molecule has 3 N–H and O–H groups in total. The van der Waals surface area contributed by atoms with Crippen LogP contribution in [-0.4, -0.2) is 21.0 Å². The summed E-state index contributed by atoms with van der Waals surface area (Å²) in [6.07, 6.45) is 2.09. The zero-order valence-corrected chi connectivity index (χ0v) is 11.5. The molecule has 0 unspecified atom stereocenters. The molecular weight excluding hydrogens is 274 g/mol. The molecule has 7 nitrogen and oxygen atoms in total. The highest BCUT2D eigenvalue weighted by atomic mass is 16.4. The second-order valence-corrected chi connectivity index (χ2v) is 5.13. The SMILES string of the molecule is Cc1oc(CNc2cc(=O)[nH]c(C3CC3)n2)cc1C(=O)O. The van der Waals surface area contributed by atoms with Gasteiger partial charge in [0, 0.05) is 12.0 Å². The Kier molecular flexibility index (Phi) is 3.25. The van der Waals surface area contributed by atoms with Crippen LogP contribution in [0.2, 0.25) is 0 Å². The van der Waals surface area contributed by atoms with Gasteiger partial charge in [0.2, 0.25) is 0 Å². The van der Waals surface area contributed by atoms with Crippen LogP contribution in [-0.2, 0) is 6.54 Å². The summed E-state index contributed by atoms with van der Waals surface area (Å²) < 4.78 is 5.36. The van der Waals surface area contributed by atoms with Gasteiger partial charge in [-0.3, -0.25) is 4.79 Å². The van der Waals surface area contributed by atoms with Crippen molar-refractivity contribution in [1.82, 2.24) is 9.97 Å². The lowest BCUT2D eigenvalue weighted by Gasteiger charge is -2.05. The minimum atomic E-state index is -1.02. The van der Waals surface area contributed by atoms with Gasteiger partial charge in [-0.1, -0.05) is 0 Å². The van der Waals surface area contributed by atoms with Gasteiger partial charge in [-0.25, -0.2) is 9.78 Å². The number of hydrogen-bond acceptors (Lipinski definition) is 5. The Hall–Kier alpha value is -2.57. The van der Waals surface area contributed by atoms with Crippen molar-refractivity contribution < 1.29 is 14.3 Å². The third-order valence-electron chi connectivity index (χ3n) is 3.37.